The number of carbonyl (C=O) groups is 3. The first-order valence-corrected chi connectivity index (χ1v) is 14.8. The van der Waals surface area contributed by atoms with Crippen LogP contribution in [0.5, 0.6) is 0 Å². The summed E-state index contributed by atoms with van der Waals surface area (Å²) < 4.78 is 16.8. The molecule has 0 aromatic rings. The molecule has 1 saturated heterocycles. The fourth-order valence-electron chi connectivity index (χ4n) is 4.90. The molecule has 0 aromatic heterocycles. The molecule has 7 nitrogen and oxygen atoms in total. The monoisotopic (exact) mass is 539 g/mol. The van der Waals surface area contributed by atoms with Crippen molar-refractivity contribution >= 4 is 17.9 Å². The molecule has 1 rings (SSSR count). The molecule has 2 atom stereocenters. The van der Waals surface area contributed by atoms with Gasteiger partial charge in [-0.25, -0.2) is 0 Å². The number of hydrogen-bond acceptors (Lipinski definition) is 7. The maximum absolute atomic E-state index is 12.8. The Labute approximate surface area is 232 Å². The number of rotatable bonds is 6. The van der Waals surface area contributed by atoms with Gasteiger partial charge in [0.05, 0.1) is 6.54 Å². The largest absolute Gasteiger partial charge is 0.460 e. The predicted molar refractivity (Wildman–Crippen MR) is 152 cm³/mol. The molecule has 0 amide bonds. The van der Waals surface area contributed by atoms with E-state index in [9.17, 15) is 14.4 Å². The van der Waals surface area contributed by atoms with Crippen LogP contribution in [0, 0.1) is 11.8 Å². The predicted octanol–water partition coefficient (Wildman–Crippen LogP) is 6.85. The zero-order valence-corrected chi connectivity index (χ0v) is 26.0. The summed E-state index contributed by atoms with van der Waals surface area (Å²) in [6, 6.07) is 0. The van der Waals surface area contributed by atoms with Gasteiger partial charge in [-0.3, -0.25) is 19.3 Å². The van der Waals surface area contributed by atoms with E-state index in [0.29, 0.717) is 12.8 Å². The quantitative estimate of drug-likeness (QED) is 0.270. The highest BCUT2D eigenvalue weighted by Gasteiger charge is 2.26. The third-order valence-corrected chi connectivity index (χ3v) is 6.45. The highest BCUT2D eigenvalue weighted by molar-refractivity contribution is 5.72. The van der Waals surface area contributed by atoms with Crippen LogP contribution in [0.4, 0.5) is 0 Å². The smallest absolute Gasteiger partial charge is 0.320 e. The molecular formula is C31H57NO6. The first-order chi connectivity index (χ1) is 17.4. The van der Waals surface area contributed by atoms with Crippen LogP contribution < -0.4 is 0 Å². The Morgan fingerprint density at radius 2 is 0.974 bits per heavy atom. The van der Waals surface area contributed by atoms with Crippen molar-refractivity contribution < 1.29 is 28.6 Å². The third-order valence-electron chi connectivity index (χ3n) is 6.45. The van der Waals surface area contributed by atoms with Gasteiger partial charge in [0, 0.05) is 12.8 Å². The van der Waals surface area contributed by atoms with E-state index in [0.717, 1.165) is 70.9 Å². The molecule has 0 bridgehead atoms. The van der Waals surface area contributed by atoms with Crippen molar-refractivity contribution in [2.75, 3.05) is 19.6 Å². The van der Waals surface area contributed by atoms with Gasteiger partial charge in [-0.15, -0.1) is 0 Å². The highest BCUT2D eigenvalue weighted by Crippen LogP contribution is 2.28. The summed E-state index contributed by atoms with van der Waals surface area (Å²) in [5, 5.41) is 0. The maximum atomic E-state index is 12.8. The van der Waals surface area contributed by atoms with Crippen molar-refractivity contribution in [2.24, 2.45) is 11.8 Å². The second-order valence-corrected chi connectivity index (χ2v) is 14.1. The van der Waals surface area contributed by atoms with Crippen molar-refractivity contribution in [2.45, 2.75) is 150 Å². The first kappa shape index (κ1) is 34.4. The van der Waals surface area contributed by atoms with Crippen LogP contribution in [0.1, 0.15) is 133 Å². The number of nitrogens with zero attached hydrogens (tertiary/aromatic N) is 1. The minimum absolute atomic E-state index is 0.120. The minimum Gasteiger partial charge on any atom is -0.460 e. The number of esters is 3. The molecule has 1 aliphatic heterocycles. The lowest BCUT2D eigenvalue weighted by Gasteiger charge is -2.28. The molecule has 222 valence electrons. The lowest BCUT2D eigenvalue weighted by Crippen LogP contribution is -2.37. The average molecular weight is 540 g/mol. The summed E-state index contributed by atoms with van der Waals surface area (Å²) >= 11 is 0. The number of ether oxygens (including phenoxy) is 3. The summed E-state index contributed by atoms with van der Waals surface area (Å²) in [6.45, 7) is 18.9. The molecule has 0 spiro atoms. The van der Waals surface area contributed by atoms with Gasteiger partial charge in [0.25, 0.3) is 0 Å². The van der Waals surface area contributed by atoms with E-state index in [-0.39, 0.29) is 36.3 Å². The Hall–Kier alpha value is -1.63. The SMILES string of the molecule is CC(C)(C)OC(=O)CC1CCCCCCCN(CC(=O)OC(C)(C)C)CCC(CC(=O)OC(C)(C)C)CC1. The fourth-order valence-corrected chi connectivity index (χ4v) is 4.90. The van der Waals surface area contributed by atoms with Gasteiger partial charge in [-0.05, 0) is 119 Å². The maximum Gasteiger partial charge on any atom is 0.320 e. The number of hydrogen-bond donors (Lipinski definition) is 0. The van der Waals surface area contributed by atoms with Crippen LogP contribution >= 0.6 is 0 Å². The molecule has 7 heteroatoms. The van der Waals surface area contributed by atoms with Gasteiger partial charge >= 0.3 is 17.9 Å². The molecule has 0 aromatic carbocycles. The third kappa shape index (κ3) is 18.6. The van der Waals surface area contributed by atoms with Crippen molar-refractivity contribution in [1.82, 2.24) is 4.90 Å². The van der Waals surface area contributed by atoms with E-state index in [1.165, 1.54) is 0 Å². The van der Waals surface area contributed by atoms with Gasteiger partial charge in [0.2, 0.25) is 0 Å². The summed E-state index contributed by atoms with van der Waals surface area (Å²) in [7, 11) is 0. The Kier molecular flexibility index (Phi) is 14.3. The standard InChI is InChI=1S/C31H57NO6/c1-29(2,3)36-26(33)21-24-15-13-11-10-12-14-19-32(23-28(35)38-31(7,8)9)20-18-25(17-16-24)22-27(34)37-30(4,5)6/h24-25H,10-23H2,1-9H3. The van der Waals surface area contributed by atoms with E-state index in [2.05, 4.69) is 4.90 Å². The van der Waals surface area contributed by atoms with Gasteiger partial charge in [0.15, 0.2) is 0 Å². The van der Waals surface area contributed by atoms with Gasteiger partial charge in [0.1, 0.15) is 16.8 Å². The molecule has 1 heterocycles. The van der Waals surface area contributed by atoms with Crippen LogP contribution in [0.3, 0.4) is 0 Å². The molecule has 1 fully saturated rings. The van der Waals surface area contributed by atoms with Crippen LogP contribution in [0.2, 0.25) is 0 Å². The van der Waals surface area contributed by atoms with E-state index in [1.54, 1.807) is 0 Å². The summed E-state index contributed by atoms with van der Waals surface area (Å²) in [5.41, 5.74) is -1.53. The molecule has 1 aliphatic rings. The van der Waals surface area contributed by atoms with Gasteiger partial charge < -0.3 is 14.2 Å². The lowest BCUT2D eigenvalue weighted by atomic mass is 9.86. The van der Waals surface area contributed by atoms with Crippen molar-refractivity contribution in [3.8, 4) is 0 Å². The second kappa shape index (κ2) is 15.8. The van der Waals surface area contributed by atoms with Crippen LogP contribution in [0.15, 0.2) is 0 Å². The molecular weight excluding hydrogens is 482 g/mol. The van der Waals surface area contributed by atoms with E-state index >= 15 is 0 Å². The van der Waals surface area contributed by atoms with Crippen LogP contribution in [-0.4, -0.2) is 59.2 Å². The second-order valence-electron chi connectivity index (χ2n) is 14.1. The zero-order valence-electron chi connectivity index (χ0n) is 26.0. The highest BCUT2D eigenvalue weighted by atomic mass is 16.6. The normalized spacial score (nSPS) is 21.7. The van der Waals surface area contributed by atoms with Crippen LogP contribution in [0.25, 0.3) is 0 Å². The summed E-state index contributed by atoms with van der Waals surface area (Å²) in [5.74, 6) is -0.177. The van der Waals surface area contributed by atoms with Gasteiger partial charge in [-0.1, -0.05) is 25.7 Å². The average Bonchev–Trinajstić information content (AvgIpc) is 2.69. The fraction of sp³-hybridized carbons (Fsp3) is 0.903. The summed E-state index contributed by atoms with van der Waals surface area (Å²) in [4.78, 5) is 40.1. The number of carbonyl (C=O) groups excluding carboxylic acids is 3. The topological polar surface area (TPSA) is 82.1 Å². The lowest BCUT2D eigenvalue weighted by molar-refractivity contribution is -0.158. The Bertz CT molecular complexity index is 682. The Balaban J connectivity index is 2.97. The molecule has 38 heavy (non-hydrogen) atoms. The zero-order chi connectivity index (χ0) is 29.0. The van der Waals surface area contributed by atoms with E-state index in [1.807, 2.05) is 62.3 Å². The van der Waals surface area contributed by atoms with Crippen molar-refractivity contribution in [3.05, 3.63) is 0 Å². The van der Waals surface area contributed by atoms with Crippen LogP contribution in [-0.2, 0) is 28.6 Å². The Morgan fingerprint density at radius 3 is 1.47 bits per heavy atom. The molecule has 2 unspecified atom stereocenters. The Morgan fingerprint density at radius 1 is 0.553 bits per heavy atom. The molecule has 0 aliphatic carbocycles. The van der Waals surface area contributed by atoms with E-state index in [4.69, 9.17) is 14.2 Å². The molecule has 0 N–H and O–H groups in total. The minimum atomic E-state index is -0.527. The van der Waals surface area contributed by atoms with Gasteiger partial charge in [-0.2, -0.15) is 0 Å². The molecule has 0 radical (unpaired) electrons. The van der Waals surface area contributed by atoms with Crippen molar-refractivity contribution in [1.29, 1.82) is 0 Å². The summed E-state index contributed by atoms with van der Waals surface area (Å²) in [6.07, 6.45) is 9.79. The molecule has 0 saturated carbocycles. The van der Waals surface area contributed by atoms with Crippen molar-refractivity contribution in [3.63, 3.8) is 0 Å². The van der Waals surface area contributed by atoms with E-state index < -0.39 is 16.8 Å². The first-order valence-electron chi connectivity index (χ1n) is 14.8.